The molecule has 1 saturated carbocycles. The summed E-state index contributed by atoms with van der Waals surface area (Å²) in [6, 6.07) is 10.3. The average molecular weight is 692 g/mol. The summed E-state index contributed by atoms with van der Waals surface area (Å²) in [7, 11) is 2.04. The van der Waals surface area contributed by atoms with Gasteiger partial charge in [0.1, 0.15) is 5.75 Å². The van der Waals surface area contributed by atoms with Gasteiger partial charge >= 0.3 is 6.03 Å². The molecule has 0 unspecified atom stereocenters. The number of fused-ring (bicyclic) bond motifs is 1. The van der Waals surface area contributed by atoms with Crippen LogP contribution in [0.5, 0.6) is 5.75 Å². The van der Waals surface area contributed by atoms with Crippen LogP contribution in [0.25, 0.3) is 0 Å². The number of aliphatic hydroxyl groups is 1. The van der Waals surface area contributed by atoms with E-state index in [4.69, 9.17) is 32.7 Å². The van der Waals surface area contributed by atoms with Gasteiger partial charge in [-0.2, -0.15) is 0 Å². The van der Waals surface area contributed by atoms with E-state index in [2.05, 4.69) is 22.5 Å². The van der Waals surface area contributed by atoms with E-state index in [1.807, 2.05) is 33.0 Å². The number of benzene rings is 2. The molecule has 2 aromatic carbocycles. The molecule has 0 saturated heterocycles. The number of likely N-dealkylation sites (N-methyl/N-ethyl adjacent to an activating group) is 1. The molecule has 3 amide bonds. The molecule has 0 spiro atoms. The topological polar surface area (TPSA) is 103 Å². The number of hydrogen-bond acceptors (Lipinski definition) is 6. The van der Waals surface area contributed by atoms with Gasteiger partial charge in [-0.25, -0.2) is 4.79 Å². The molecule has 4 atom stereocenters. The lowest BCUT2D eigenvalue weighted by atomic mass is 9.96. The first kappa shape index (κ1) is 37.3. The van der Waals surface area contributed by atoms with Crippen LogP contribution >= 0.6 is 23.2 Å². The van der Waals surface area contributed by atoms with Crippen LogP contribution in [0.1, 0.15) is 88.1 Å². The molecule has 47 heavy (non-hydrogen) atoms. The Labute approximate surface area is 290 Å². The predicted octanol–water partition coefficient (Wildman–Crippen LogP) is 7.38. The molecule has 2 aliphatic rings. The number of urea groups is 1. The Morgan fingerprint density at radius 3 is 2.51 bits per heavy atom. The third kappa shape index (κ3) is 11.2. The van der Waals surface area contributed by atoms with Crippen LogP contribution in [0.4, 0.5) is 10.5 Å². The summed E-state index contributed by atoms with van der Waals surface area (Å²) in [6.45, 7) is 7.98. The number of nitrogens with zero attached hydrogens (tertiary/aromatic N) is 2. The Hall–Kier alpha value is -2.56. The molecule has 0 aromatic heterocycles. The van der Waals surface area contributed by atoms with Gasteiger partial charge < -0.3 is 30.1 Å². The summed E-state index contributed by atoms with van der Waals surface area (Å²) in [4.78, 5) is 31.1. The minimum absolute atomic E-state index is 0.0574. The van der Waals surface area contributed by atoms with Crippen molar-refractivity contribution >= 4 is 40.8 Å². The number of hydrogen-bond donors (Lipinski definition) is 3. The normalized spacial score (nSPS) is 22.6. The number of carbonyl (C=O) groups excluding carboxylic acids is 2. The van der Waals surface area contributed by atoms with E-state index in [9.17, 15) is 14.7 Å². The SMILES string of the molecule is C[C@@H]1CCCCO[C@H](CN(C)Cc2ccc(Cl)c(Cl)c2)[C@@H](C)CN([C@H](C)CO)C(=O)c2cc(NC(=O)NC3CCCCC3)ccc2O1. The fourth-order valence-electron chi connectivity index (χ4n) is 6.38. The highest BCUT2D eigenvalue weighted by Gasteiger charge is 2.30. The van der Waals surface area contributed by atoms with Crippen LogP contribution in [0.15, 0.2) is 36.4 Å². The lowest BCUT2D eigenvalue weighted by Crippen LogP contribution is -2.47. The van der Waals surface area contributed by atoms with Gasteiger partial charge in [-0.3, -0.25) is 9.69 Å². The van der Waals surface area contributed by atoms with Gasteiger partial charge in [0.2, 0.25) is 0 Å². The number of nitrogens with one attached hydrogen (secondary N) is 2. The number of aliphatic hydroxyl groups excluding tert-OH is 1. The average Bonchev–Trinajstić information content (AvgIpc) is 3.04. The number of amides is 3. The van der Waals surface area contributed by atoms with Gasteiger partial charge in [0.25, 0.3) is 5.91 Å². The number of anilines is 1. The predicted molar refractivity (Wildman–Crippen MR) is 189 cm³/mol. The molecule has 1 aliphatic carbocycles. The Morgan fingerprint density at radius 2 is 1.79 bits per heavy atom. The van der Waals surface area contributed by atoms with Gasteiger partial charge in [0.05, 0.1) is 40.5 Å². The summed E-state index contributed by atoms with van der Waals surface area (Å²) in [5.41, 5.74) is 1.91. The second kappa shape index (κ2) is 18.3. The van der Waals surface area contributed by atoms with Crippen molar-refractivity contribution in [3.05, 3.63) is 57.6 Å². The molecule has 2 aromatic rings. The molecular weight excluding hydrogens is 639 g/mol. The number of halogens is 2. The third-order valence-electron chi connectivity index (χ3n) is 9.18. The fraction of sp³-hybridized carbons (Fsp3) is 0.611. The van der Waals surface area contributed by atoms with Crippen molar-refractivity contribution in [1.82, 2.24) is 15.1 Å². The number of carbonyl (C=O) groups is 2. The fourth-order valence-corrected chi connectivity index (χ4v) is 6.70. The molecule has 1 fully saturated rings. The highest BCUT2D eigenvalue weighted by molar-refractivity contribution is 6.42. The van der Waals surface area contributed by atoms with Gasteiger partial charge in [-0.15, -0.1) is 0 Å². The summed E-state index contributed by atoms with van der Waals surface area (Å²) < 4.78 is 12.8. The van der Waals surface area contributed by atoms with Crippen LogP contribution < -0.4 is 15.4 Å². The zero-order chi connectivity index (χ0) is 33.9. The quantitative estimate of drug-likeness (QED) is 0.267. The summed E-state index contributed by atoms with van der Waals surface area (Å²) >= 11 is 12.4. The van der Waals surface area contributed by atoms with Gasteiger partial charge in [0.15, 0.2) is 0 Å². The first-order chi connectivity index (χ1) is 22.5. The van der Waals surface area contributed by atoms with Crippen molar-refractivity contribution in [2.24, 2.45) is 5.92 Å². The van der Waals surface area contributed by atoms with Crippen molar-refractivity contribution in [3.63, 3.8) is 0 Å². The molecule has 0 radical (unpaired) electrons. The van der Waals surface area contributed by atoms with E-state index < -0.39 is 6.04 Å². The zero-order valence-corrected chi connectivity index (χ0v) is 29.8. The van der Waals surface area contributed by atoms with Crippen LogP contribution in [0, 0.1) is 5.92 Å². The van der Waals surface area contributed by atoms with Crippen LogP contribution in [0.3, 0.4) is 0 Å². The van der Waals surface area contributed by atoms with Crippen LogP contribution in [-0.2, 0) is 11.3 Å². The monoisotopic (exact) mass is 690 g/mol. The lowest BCUT2D eigenvalue weighted by Gasteiger charge is -2.36. The molecule has 3 N–H and O–H groups in total. The van der Waals surface area contributed by atoms with Crippen LogP contribution in [0.2, 0.25) is 10.0 Å². The Morgan fingerprint density at radius 1 is 1.04 bits per heavy atom. The Kier molecular flexibility index (Phi) is 14.5. The molecule has 0 bridgehead atoms. The van der Waals surface area contributed by atoms with E-state index in [1.165, 1.54) is 6.42 Å². The van der Waals surface area contributed by atoms with Crippen molar-refractivity contribution in [2.45, 2.75) is 103 Å². The first-order valence-corrected chi connectivity index (χ1v) is 17.8. The van der Waals surface area contributed by atoms with E-state index >= 15 is 0 Å². The second-order valence-electron chi connectivity index (χ2n) is 13.4. The van der Waals surface area contributed by atoms with Crippen molar-refractivity contribution in [3.8, 4) is 5.75 Å². The standard InChI is InChI=1S/C36H52Cl2N4O5/c1-24-20-42(25(2)23-43)35(44)30-19-29(40-36(45)39-28-11-6-5-7-12-28)14-16-33(30)47-26(3)10-8-9-17-46-34(24)22-41(4)21-27-13-15-31(37)32(38)18-27/h13-16,18-19,24-26,28,34,43H,5-12,17,20-23H2,1-4H3,(H2,39,40,45)/t24-,25+,26+,34+/m0/s1. The van der Waals surface area contributed by atoms with Crippen molar-refractivity contribution < 1.29 is 24.2 Å². The maximum Gasteiger partial charge on any atom is 0.319 e. The van der Waals surface area contributed by atoms with Gasteiger partial charge in [-0.1, -0.05) is 55.5 Å². The first-order valence-electron chi connectivity index (χ1n) is 17.1. The summed E-state index contributed by atoms with van der Waals surface area (Å²) in [5.74, 6) is 0.143. The highest BCUT2D eigenvalue weighted by Crippen LogP contribution is 2.29. The largest absolute Gasteiger partial charge is 0.490 e. The zero-order valence-electron chi connectivity index (χ0n) is 28.3. The van der Waals surface area contributed by atoms with E-state index in [1.54, 1.807) is 29.2 Å². The van der Waals surface area contributed by atoms with Gasteiger partial charge in [0, 0.05) is 43.9 Å². The van der Waals surface area contributed by atoms with E-state index in [-0.39, 0.29) is 42.7 Å². The number of ether oxygens (including phenoxy) is 2. The maximum absolute atomic E-state index is 14.4. The molecule has 9 nitrogen and oxygen atoms in total. The molecule has 1 aliphatic heterocycles. The second-order valence-corrected chi connectivity index (χ2v) is 14.2. The molecule has 1 heterocycles. The molecule has 260 valence electrons. The van der Waals surface area contributed by atoms with E-state index in [0.29, 0.717) is 53.3 Å². The molecule has 11 heteroatoms. The maximum atomic E-state index is 14.4. The molecular formula is C36H52Cl2N4O5. The highest BCUT2D eigenvalue weighted by atomic mass is 35.5. The third-order valence-corrected chi connectivity index (χ3v) is 9.92. The van der Waals surface area contributed by atoms with Crippen LogP contribution in [-0.4, -0.2) is 84.5 Å². The minimum atomic E-state index is -0.455. The smallest absolute Gasteiger partial charge is 0.319 e. The Bertz CT molecular complexity index is 1320. The van der Waals surface area contributed by atoms with Crippen molar-refractivity contribution in [1.29, 1.82) is 0 Å². The molecule has 4 rings (SSSR count). The van der Waals surface area contributed by atoms with Crippen molar-refractivity contribution in [2.75, 3.05) is 38.7 Å². The van der Waals surface area contributed by atoms with E-state index in [0.717, 1.165) is 50.5 Å². The minimum Gasteiger partial charge on any atom is -0.490 e. The lowest BCUT2D eigenvalue weighted by molar-refractivity contribution is -0.0177. The summed E-state index contributed by atoms with van der Waals surface area (Å²) in [6.07, 6.45) is 7.69. The Balaban J connectivity index is 1.56. The van der Waals surface area contributed by atoms with Gasteiger partial charge in [-0.05, 0) is 88.9 Å². The summed E-state index contributed by atoms with van der Waals surface area (Å²) in [5, 5.41) is 17.3. The number of rotatable bonds is 8.